The molecule has 0 N–H and O–H groups in total. The molecule has 1 aliphatic rings. The van der Waals surface area contributed by atoms with Gasteiger partial charge in [0.05, 0.1) is 20.3 Å². The summed E-state index contributed by atoms with van der Waals surface area (Å²) in [4.78, 5) is 15.3. The Bertz CT molecular complexity index is 1080. The van der Waals surface area contributed by atoms with Crippen molar-refractivity contribution < 1.29 is 14.3 Å². The largest absolute Gasteiger partial charge is 0.493 e. The summed E-state index contributed by atoms with van der Waals surface area (Å²) in [6.45, 7) is 0.571. The molecule has 0 bridgehead atoms. The number of hydrogen-bond donors (Lipinski definition) is 0. The van der Waals surface area contributed by atoms with Gasteiger partial charge in [0.2, 0.25) is 0 Å². The maximum atomic E-state index is 13.5. The molecule has 3 aromatic rings. The molecule has 1 heterocycles. The van der Waals surface area contributed by atoms with E-state index in [0.717, 1.165) is 16.7 Å². The van der Waals surface area contributed by atoms with Crippen LogP contribution < -0.4 is 9.47 Å². The van der Waals surface area contributed by atoms with Gasteiger partial charge in [0.15, 0.2) is 11.5 Å². The van der Waals surface area contributed by atoms with Crippen molar-refractivity contribution in [1.82, 2.24) is 4.90 Å². The van der Waals surface area contributed by atoms with Crippen LogP contribution in [0.1, 0.15) is 33.1 Å². The highest BCUT2D eigenvalue weighted by Crippen LogP contribution is 2.42. The fraction of sp³-hybridized carbons (Fsp3) is 0.208. The molecule has 1 atom stereocenters. The van der Waals surface area contributed by atoms with E-state index in [0.29, 0.717) is 40.1 Å². The SMILES string of the molecule is COc1cc2c(cc1OC)C(c1cccc(Cl)c1)N(C(=O)c1ccc(Cl)cc1)CC2. The first kappa shape index (κ1) is 20.6. The van der Waals surface area contributed by atoms with Gasteiger partial charge in [-0.3, -0.25) is 4.79 Å². The summed E-state index contributed by atoms with van der Waals surface area (Å²) in [5.41, 5.74) is 3.66. The summed E-state index contributed by atoms with van der Waals surface area (Å²) in [6, 6.07) is 18.3. The Kier molecular flexibility index (Phi) is 5.89. The van der Waals surface area contributed by atoms with Crippen LogP contribution in [0.2, 0.25) is 10.0 Å². The Balaban J connectivity index is 1.85. The van der Waals surface area contributed by atoms with Crippen molar-refractivity contribution in [3.05, 3.63) is 93.0 Å². The van der Waals surface area contributed by atoms with Crippen LogP contribution in [0.25, 0.3) is 0 Å². The number of benzene rings is 3. The van der Waals surface area contributed by atoms with Crippen molar-refractivity contribution in [2.45, 2.75) is 12.5 Å². The van der Waals surface area contributed by atoms with Gasteiger partial charge in [0.25, 0.3) is 5.91 Å². The molecule has 0 radical (unpaired) electrons. The first-order valence-corrected chi connectivity index (χ1v) is 10.3. The van der Waals surface area contributed by atoms with Crippen LogP contribution in [-0.2, 0) is 6.42 Å². The Morgan fingerprint density at radius 2 is 1.63 bits per heavy atom. The second-order valence-electron chi connectivity index (χ2n) is 7.12. The molecule has 3 aromatic carbocycles. The van der Waals surface area contributed by atoms with Gasteiger partial charge in [-0.2, -0.15) is 0 Å². The maximum Gasteiger partial charge on any atom is 0.254 e. The monoisotopic (exact) mass is 441 g/mol. The number of amides is 1. The van der Waals surface area contributed by atoms with Gasteiger partial charge < -0.3 is 14.4 Å². The third-order valence-electron chi connectivity index (χ3n) is 5.39. The zero-order chi connectivity index (χ0) is 21.3. The minimum Gasteiger partial charge on any atom is -0.493 e. The van der Waals surface area contributed by atoms with Gasteiger partial charge in [-0.05, 0) is 71.6 Å². The lowest BCUT2D eigenvalue weighted by Gasteiger charge is -2.38. The van der Waals surface area contributed by atoms with E-state index in [1.807, 2.05) is 41.3 Å². The van der Waals surface area contributed by atoms with Crippen molar-refractivity contribution in [3.63, 3.8) is 0 Å². The minimum atomic E-state index is -0.296. The van der Waals surface area contributed by atoms with Gasteiger partial charge in [-0.25, -0.2) is 0 Å². The smallest absolute Gasteiger partial charge is 0.254 e. The van der Waals surface area contributed by atoms with Crippen LogP contribution >= 0.6 is 23.2 Å². The summed E-state index contributed by atoms with van der Waals surface area (Å²) >= 11 is 12.3. The fourth-order valence-corrected chi connectivity index (χ4v) is 4.28. The van der Waals surface area contributed by atoms with Crippen LogP contribution in [0.5, 0.6) is 11.5 Å². The molecule has 6 heteroatoms. The molecular weight excluding hydrogens is 421 g/mol. The zero-order valence-corrected chi connectivity index (χ0v) is 18.2. The van der Waals surface area contributed by atoms with Gasteiger partial charge in [-0.1, -0.05) is 35.3 Å². The summed E-state index contributed by atoms with van der Waals surface area (Å²) in [7, 11) is 3.23. The number of carbonyl (C=O) groups excluding carboxylic acids is 1. The summed E-state index contributed by atoms with van der Waals surface area (Å²) in [5.74, 6) is 1.25. The second-order valence-corrected chi connectivity index (χ2v) is 7.99. The molecule has 1 aliphatic heterocycles. The highest BCUT2D eigenvalue weighted by Gasteiger charge is 2.34. The number of halogens is 2. The van der Waals surface area contributed by atoms with E-state index in [4.69, 9.17) is 32.7 Å². The van der Waals surface area contributed by atoms with Crippen molar-refractivity contribution in [1.29, 1.82) is 0 Å². The van der Waals surface area contributed by atoms with Crippen molar-refractivity contribution in [2.75, 3.05) is 20.8 Å². The molecule has 0 aliphatic carbocycles. The van der Waals surface area contributed by atoms with E-state index >= 15 is 0 Å². The van der Waals surface area contributed by atoms with Gasteiger partial charge >= 0.3 is 0 Å². The zero-order valence-electron chi connectivity index (χ0n) is 16.7. The first-order chi connectivity index (χ1) is 14.5. The highest BCUT2D eigenvalue weighted by atomic mass is 35.5. The average Bonchev–Trinajstić information content (AvgIpc) is 2.77. The van der Waals surface area contributed by atoms with Crippen LogP contribution in [-0.4, -0.2) is 31.6 Å². The third kappa shape index (κ3) is 3.85. The molecule has 1 amide bonds. The average molecular weight is 442 g/mol. The lowest BCUT2D eigenvalue weighted by molar-refractivity contribution is 0.0694. The standard InChI is InChI=1S/C24H21Cl2NO3/c1-29-21-13-16-10-11-27(24(28)15-6-8-18(25)9-7-15)23(20(16)14-22(21)30-2)17-4-3-5-19(26)12-17/h3-9,12-14,23H,10-11H2,1-2H3. The topological polar surface area (TPSA) is 38.8 Å². The maximum absolute atomic E-state index is 13.5. The fourth-order valence-electron chi connectivity index (χ4n) is 3.96. The Morgan fingerprint density at radius 3 is 2.30 bits per heavy atom. The molecule has 0 saturated heterocycles. The predicted octanol–water partition coefficient (Wildman–Crippen LogP) is 5.80. The first-order valence-electron chi connectivity index (χ1n) is 9.58. The summed E-state index contributed by atoms with van der Waals surface area (Å²) < 4.78 is 11.0. The summed E-state index contributed by atoms with van der Waals surface area (Å²) in [6.07, 6.45) is 0.714. The van der Waals surface area contributed by atoms with Gasteiger partial charge in [-0.15, -0.1) is 0 Å². The Labute approximate surface area is 185 Å². The summed E-state index contributed by atoms with van der Waals surface area (Å²) in [5, 5.41) is 1.22. The molecule has 0 aromatic heterocycles. The molecule has 0 saturated carbocycles. The van der Waals surface area contributed by atoms with Gasteiger partial charge in [0.1, 0.15) is 0 Å². The number of methoxy groups -OCH3 is 2. The number of carbonyl (C=O) groups is 1. The highest BCUT2D eigenvalue weighted by molar-refractivity contribution is 6.31. The van der Waals surface area contributed by atoms with Crippen LogP contribution in [0.15, 0.2) is 60.7 Å². The van der Waals surface area contributed by atoms with Crippen molar-refractivity contribution in [2.24, 2.45) is 0 Å². The molecule has 0 spiro atoms. The van der Waals surface area contributed by atoms with Crippen molar-refractivity contribution in [3.8, 4) is 11.5 Å². The molecule has 154 valence electrons. The quantitative estimate of drug-likeness (QED) is 0.513. The molecule has 30 heavy (non-hydrogen) atoms. The van der Waals surface area contributed by atoms with Crippen molar-refractivity contribution >= 4 is 29.1 Å². The van der Waals surface area contributed by atoms with E-state index in [1.54, 1.807) is 38.5 Å². The van der Waals surface area contributed by atoms with E-state index < -0.39 is 0 Å². The second kappa shape index (κ2) is 8.58. The van der Waals surface area contributed by atoms with E-state index in [9.17, 15) is 4.79 Å². The van der Waals surface area contributed by atoms with E-state index in [2.05, 4.69) is 0 Å². The van der Waals surface area contributed by atoms with Gasteiger partial charge in [0, 0.05) is 22.2 Å². The lowest BCUT2D eigenvalue weighted by atomic mass is 9.87. The number of ether oxygens (including phenoxy) is 2. The Morgan fingerprint density at radius 1 is 0.933 bits per heavy atom. The number of hydrogen-bond acceptors (Lipinski definition) is 3. The molecular formula is C24H21Cl2NO3. The number of nitrogens with zero attached hydrogens (tertiary/aromatic N) is 1. The third-order valence-corrected chi connectivity index (χ3v) is 5.88. The number of rotatable bonds is 4. The van der Waals surface area contributed by atoms with Crippen LogP contribution in [0.4, 0.5) is 0 Å². The predicted molar refractivity (Wildman–Crippen MR) is 119 cm³/mol. The van der Waals surface area contributed by atoms with Crippen LogP contribution in [0.3, 0.4) is 0 Å². The normalized spacial score (nSPS) is 15.5. The Hall–Kier alpha value is -2.69. The number of fused-ring (bicyclic) bond motifs is 1. The van der Waals surface area contributed by atoms with E-state index in [-0.39, 0.29) is 11.9 Å². The van der Waals surface area contributed by atoms with E-state index in [1.165, 1.54) is 0 Å². The molecule has 0 fully saturated rings. The molecule has 4 rings (SSSR count). The lowest BCUT2D eigenvalue weighted by Crippen LogP contribution is -2.40. The minimum absolute atomic E-state index is 0.0583. The van der Waals surface area contributed by atoms with Crippen LogP contribution in [0, 0.1) is 0 Å². The molecule has 4 nitrogen and oxygen atoms in total. The molecule has 1 unspecified atom stereocenters.